The molecule has 1 aromatic rings. The summed E-state index contributed by atoms with van der Waals surface area (Å²) in [6.45, 7) is 2.33. The molecule has 1 aliphatic carbocycles. The van der Waals surface area contributed by atoms with E-state index < -0.39 is 0 Å². The zero-order chi connectivity index (χ0) is 12.8. The van der Waals surface area contributed by atoms with Gasteiger partial charge in [-0.25, -0.2) is 0 Å². The molecule has 0 spiro atoms. The summed E-state index contributed by atoms with van der Waals surface area (Å²) in [4.78, 5) is 2.52. The van der Waals surface area contributed by atoms with Gasteiger partial charge in [0.15, 0.2) is 0 Å². The highest BCUT2D eigenvalue weighted by Crippen LogP contribution is 2.30. The fourth-order valence-corrected chi connectivity index (χ4v) is 2.31. The number of hydrogen-bond donors (Lipinski definition) is 1. The lowest BCUT2D eigenvalue weighted by Gasteiger charge is -2.23. The normalized spacial score (nSPS) is 15.1. The molecule has 0 unspecified atom stereocenters. The molecule has 1 saturated carbocycles. The Morgan fingerprint density at radius 3 is 2.72 bits per heavy atom. The summed E-state index contributed by atoms with van der Waals surface area (Å²) >= 11 is 0. The summed E-state index contributed by atoms with van der Waals surface area (Å²) < 4.78 is 5.41. The summed E-state index contributed by atoms with van der Waals surface area (Å²) in [7, 11) is 1.73. The Balaban J connectivity index is 1.95. The standard InChI is InChI=1S/C15H23NO2/c1-18-15-7-3-2-6-13(15)12-16(14-8-9-14)10-4-5-11-17/h2-3,6-7,14,17H,4-5,8-12H2,1H3. The summed E-state index contributed by atoms with van der Waals surface area (Å²) in [6, 6.07) is 8.98. The molecule has 1 fully saturated rings. The van der Waals surface area contributed by atoms with E-state index in [-0.39, 0.29) is 0 Å². The van der Waals surface area contributed by atoms with Crippen molar-refractivity contribution >= 4 is 0 Å². The van der Waals surface area contributed by atoms with E-state index >= 15 is 0 Å². The first-order valence-corrected chi connectivity index (χ1v) is 6.82. The maximum atomic E-state index is 8.87. The number of para-hydroxylation sites is 1. The average Bonchev–Trinajstić information content (AvgIpc) is 3.23. The van der Waals surface area contributed by atoms with Gasteiger partial charge in [-0.05, 0) is 38.3 Å². The quantitative estimate of drug-likeness (QED) is 0.718. The minimum Gasteiger partial charge on any atom is -0.496 e. The van der Waals surface area contributed by atoms with Crippen LogP contribution in [0.5, 0.6) is 5.75 Å². The summed E-state index contributed by atoms with van der Waals surface area (Å²) in [5.74, 6) is 0.977. The zero-order valence-corrected chi connectivity index (χ0v) is 11.1. The predicted molar refractivity (Wildman–Crippen MR) is 72.7 cm³/mol. The molecule has 2 rings (SSSR count). The molecule has 1 aliphatic rings. The molecule has 1 aromatic carbocycles. The van der Waals surface area contributed by atoms with Crippen LogP contribution in [0.2, 0.25) is 0 Å². The summed E-state index contributed by atoms with van der Waals surface area (Å²) in [6.07, 6.45) is 4.60. The van der Waals surface area contributed by atoms with Gasteiger partial charge in [0.1, 0.15) is 5.75 Å². The minimum atomic E-state index is 0.299. The van der Waals surface area contributed by atoms with Crippen LogP contribution < -0.4 is 4.74 Å². The molecular weight excluding hydrogens is 226 g/mol. The summed E-state index contributed by atoms with van der Waals surface area (Å²) in [5, 5.41) is 8.87. The maximum absolute atomic E-state index is 8.87. The molecular formula is C15H23NO2. The Kier molecular flexibility index (Phi) is 5.02. The second-order valence-electron chi connectivity index (χ2n) is 4.94. The average molecular weight is 249 g/mol. The minimum absolute atomic E-state index is 0.299. The molecule has 0 aromatic heterocycles. The fourth-order valence-electron chi connectivity index (χ4n) is 2.31. The van der Waals surface area contributed by atoms with Gasteiger partial charge in [-0.2, -0.15) is 0 Å². The first-order chi connectivity index (χ1) is 8.85. The third kappa shape index (κ3) is 3.72. The van der Waals surface area contributed by atoms with Crippen LogP contribution in [0.4, 0.5) is 0 Å². The van der Waals surface area contributed by atoms with Gasteiger partial charge in [-0.1, -0.05) is 18.2 Å². The zero-order valence-electron chi connectivity index (χ0n) is 11.1. The fraction of sp³-hybridized carbons (Fsp3) is 0.600. The van der Waals surface area contributed by atoms with Gasteiger partial charge in [0.2, 0.25) is 0 Å². The van der Waals surface area contributed by atoms with E-state index in [0.717, 1.165) is 37.7 Å². The van der Waals surface area contributed by atoms with E-state index in [2.05, 4.69) is 17.0 Å². The van der Waals surface area contributed by atoms with Crippen molar-refractivity contribution in [1.82, 2.24) is 4.90 Å². The molecule has 0 atom stereocenters. The van der Waals surface area contributed by atoms with Gasteiger partial charge >= 0.3 is 0 Å². The first-order valence-electron chi connectivity index (χ1n) is 6.82. The second kappa shape index (κ2) is 6.76. The lowest BCUT2D eigenvalue weighted by molar-refractivity contribution is 0.226. The molecule has 0 aliphatic heterocycles. The van der Waals surface area contributed by atoms with Crippen molar-refractivity contribution in [2.75, 3.05) is 20.3 Å². The number of unbranched alkanes of at least 4 members (excludes halogenated alkanes) is 1. The summed E-state index contributed by atoms with van der Waals surface area (Å²) in [5.41, 5.74) is 1.26. The van der Waals surface area contributed by atoms with Crippen LogP contribution in [0.1, 0.15) is 31.2 Å². The highest BCUT2D eigenvalue weighted by molar-refractivity contribution is 5.33. The monoisotopic (exact) mass is 249 g/mol. The van der Waals surface area contributed by atoms with Gasteiger partial charge in [0.25, 0.3) is 0 Å². The molecule has 0 saturated heterocycles. The van der Waals surface area contributed by atoms with Crippen LogP contribution in [-0.2, 0) is 6.54 Å². The Bertz CT molecular complexity index is 363. The highest BCUT2D eigenvalue weighted by Gasteiger charge is 2.28. The molecule has 3 nitrogen and oxygen atoms in total. The third-order valence-electron chi connectivity index (χ3n) is 3.48. The highest BCUT2D eigenvalue weighted by atomic mass is 16.5. The van der Waals surface area contributed by atoms with Crippen molar-refractivity contribution in [3.8, 4) is 5.75 Å². The van der Waals surface area contributed by atoms with Crippen molar-refractivity contribution in [1.29, 1.82) is 0 Å². The first kappa shape index (κ1) is 13.4. The predicted octanol–water partition coefficient (Wildman–Crippen LogP) is 2.43. The number of nitrogens with zero attached hydrogens (tertiary/aromatic N) is 1. The molecule has 0 heterocycles. The number of hydrogen-bond acceptors (Lipinski definition) is 3. The lowest BCUT2D eigenvalue weighted by atomic mass is 10.1. The topological polar surface area (TPSA) is 32.7 Å². The molecule has 0 amide bonds. The van der Waals surface area contributed by atoms with Gasteiger partial charge in [0.05, 0.1) is 7.11 Å². The van der Waals surface area contributed by atoms with Crippen molar-refractivity contribution in [3.63, 3.8) is 0 Å². The molecule has 3 heteroatoms. The van der Waals surface area contributed by atoms with Gasteiger partial charge in [0, 0.05) is 24.8 Å². The second-order valence-corrected chi connectivity index (χ2v) is 4.94. The van der Waals surface area contributed by atoms with E-state index in [1.807, 2.05) is 12.1 Å². The van der Waals surface area contributed by atoms with Crippen molar-refractivity contribution in [3.05, 3.63) is 29.8 Å². The largest absolute Gasteiger partial charge is 0.496 e. The van der Waals surface area contributed by atoms with E-state index in [1.165, 1.54) is 18.4 Å². The maximum Gasteiger partial charge on any atom is 0.123 e. The number of aliphatic hydroxyl groups excluding tert-OH is 1. The van der Waals surface area contributed by atoms with Crippen LogP contribution in [-0.4, -0.2) is 36.3 Å². The van der Waals surface area contributed by atoms with Crippen LogP contribution in [0.3, 0.4) is 0 Å². The smallest absolute Gasteiger partial charge is 0.123 e. The van der Waals surface area contributed by atoms with Crippen LogP contribution in [0.25, 0.3) is 0 Å². The van der Waals surface area contributed by atoms with Crippen LogP contribution in [0.15, 0.2) is 24.3 Å². The van der Waals surface area contributed by atoms with Crippen molar-refractivity contribution in [2.24, 2.45) is 0 Å². The Morgan fingerprint density at radius 2 is 2.06 bits per heavy atom. The van der Waals surface area contributed by atoms with E-state index in [9.17, 15) is 0 Å². The number of methoxy groups -OCH3 is 1. The van der Waals surface area contributed by atoms with E-state index in [1.54, 1.807) is 7.11 Å². The third-order valence-corrected chi connectivity index (χ3v) is 3.48. The number of rotatable bonds is 8. The van der Waals surface area contributed by atoms with Crippen molar-refractivity contribution in [2.45, 2.75) is 38.3 Å². The number of aliphatic hydroxyl groups is 1. The van der Waals surface area contributed by atoms with Crippen molar-refractivity contribution < 1.29 is 9.84 Å². The molecule has 100 valence electrons. The molecule has 0 radical (unpaired) electrons. The van der Waals surface area contributed by atoms with Crippen LogP contribution in [0, 0.1) is 0 Å². The molecule has 18 heavy (non-hydrogen) atoms. The lowest BCUT2D eigenvalue weighted by Crippen LogP contribution is -2.27. The van der Waals surface area contributed by atoms with Gasteiger partial charge in [-0.15, -0.1) is 0 Å². The Labute approximate surface area is 109 Å². The number of benzene rings is 1. The number of ether oxygens (including phenoxy) is 1. The van der Waals surface area contributed by atoms with Crippen LogP contribution >= 0.6 is 0 Å². The van der Waals surface area contributed by atoms with E-state index in [4.69, 9.17) is 9.84 Å². The Morgan fingerprint density at radius 1 is 1.28 bits per heavy atom. The van der Waals surface area contributed by atoms with Gasteiger partial charge < -0.3 is 9.84 Å². The Hall–Kier alpha value is -1.06. The van der Waals surface area contributed by atoms with E-state index in [0.29, 0.717) is 6.61 Å². The molecule has 1 N–H and O–H groups in total. The SMILES string of the molecule is COc1ccccc1CN(CCCCO)C1CC1. The molecule has 0 bridgehead atoms. The van der Waals surface area contributed by atoms with Gasteiger partial charge in [-0.3, -0.25) is 4.90 Å².